The van der Waals surface area contributed by atoms with Gasteiger partial charge in [0.05, 0.1) is 25.1 Å². The predicted octanol–water partition coefficient (Wildman–Crippen LogP) is 5.31. The summed E-state index contributed by atoms with van der Waals surface area (Å²) >= 11 is 0. The van der Waals surface area contributed by atoms with Crippen LogP contribution < -0.4 is 10.1 Å². The van der Waals surface area contributed by atoms with E-state index in [9.17, 15) is 9.59 Å². The summed E-state index contributed by atoms with van der Waals surface area (Å²) < 4.78 is 5.55. The van der Waals surface area contributed by atoms with Crippen molar-refractivity contribution in [1.82, 2.24) is 10.2 Å². The number of hydrogen-bond donors (Lipinski definition) is 1. The number of likely N-dealkylation sites (tertiary alicyclic amines) is 1. The van der Waals surface area contributed by atoms with Gasteiger partial charge in [-0.25, -0.2) is 0 Å². The molecule has 33 heavy (non-hydrogen) atoms. The molecule has 0 aromatic heterocycles. The summed E-state index contributed by atoms with van der Waals surface area (Å²) in [5.74, 6) is 0.709. The molecule has 1 aliphatic rings. The highest BCUT2D eigenvalue weighted by atomic mass is 16.5. The first kappa shape index (κ1) is 22.6. The number of rotatable bonds is 8. The molecule has 0 bridgehead atoms. The third kappa shape index (κ3) is 5.61. The molecule has 1 fully saturated rings. The molecule has 2 unspecified atom stereocenters. The van der Waals surface area contributed by atoms with Crippen LogP contribution in [0.5, 0.6) is 5.75 Å². The fourth-order valence-corrected chi connectivity index (χ4v) is 4.43. The molecular weight excluding hydrogens is 412 g/mol. The molecule has 1 aliphatic heterocycles. The van der Waals surface area contributed by atoms with Gasteiger partial charge in [0.2, 0.25) is 5.91 Å². The highest BCUT2D eigenvalue weighted by Gasteiger charge is 2.32. The van der Waals surface area contributed by atoms with Crippen LogP contribution in [-0.4, -0.2) is 29.9 Å². The summed E-state index contributed by atoms with van der Waals surface area (Å²) in [6, 6.07) is 26.5. The molecule has 5 nitrogen and oxygen atoms in total. The summed E-state index contributed by atoms with van der Waals surface area (Å²) in [6.07, 6.45) is 2.12. The molecule has 0 spiro atoms. The number of hydrogen-bond acceptors (Lipinski definition) is 3. The lowest BCUT2D eigenvalue weighted by Gasteiger charge is -2.28. The lowest BCUT2D eigenvalue weighted by molar-refractivity contribution is -0.132. The maximum atomic E-state index is 13.5. The van der Waals surface area contributed by atoms with Crippen molar-refractivity contribution in [2.75, 3.05) is 13.2 Å². The zero-order valence-corrected chi connectivity index (χ0v) is 18.9. The minimum Gasteiger partial charge on any atom is -0.494 e. The molecule has 3 aromatic carbocycles. The Hall–Kier alpha value is -3.60. The molecule has 1 N–H and O–H groups in total. The van der Waals surface area contributed by atoms with E-state index in [0.717, 1.165) is 36.3 Å². The van der Waals surface area contributed by atoms with Crippen LogP contribution in [0.25, 0.3) is 0 Å². The quantitative estimate of drug-likeness (QED) is 0.514. The second-order valence-electron chi connectivity index (χ2n) is 8.25. The monoisotopic (exact) mass is 442 g/mol. The van der Waals surface area contributed by atoms with Gasteiger partial charge < -0.3 is 15.0 Å². The zero-order chi connectivity index (χ0) is 23.0. The normalized spacial score (nSPS) is 16.3. The number of carbonyl (C=O) groups is 2. The van der Waals surface area contributed by atoms with Crippen molar-refractivity contribution in [3.8, 4) is 5.75 Å². The maximum Gasteiger partial charge on any atom is 0.251 e. The first-order valence-electron chi connectivity index (χ1n) is 11.6. The van der Waals surface area contributed by atoms with Crippen molar-refractivity contribution >= 4 is 11.8 Å². The van der Waals surface area contributed by atoms with Crippen LogP contribution in [0.3, 0.4) is 0 Å². The van der Waals surface area contributed by atoms with Crippen molar-refractivity contribution in [2.45, 2.75) is 38.3 Å². The van der Waals surface area contributed by atoms with Gasteiger partial charge in [0.1, 0.15) is 5.75 Å². The average Bonchev–Trinajstić information content (AvgIpc) is 3.35. The number of benzene rings is 3. The van der Waals surface area contributed by atoms with Crippen molar-refractivity contribution < 1.29 is 14.3 Å². The highest BCUT2D eigenvalue weighted by Crippen LogP contribution is 2.34. The van der Waals surface area contributed by atoms with Gasteiger partial charge >= 0.3 is 0 Å². The Morgan fingerprint density at radius 1 is 0.970 bits per heavy atom. The summed E-state index contributed by atoms with van der Waals surface area (Å²) in [5.41, 5.74) is 2.63. The first-order valence-corrected chi connectivity index (χ1v) is 11.6. The van der Waals surface area contributed by atoms with E-state index >= 15 is 0 Å². The molecular formula is C28H30N2O3. The summed E-state index contributed by atoms with van der Waals surface area (Å²) in [4.78, 5) is 28.3. The number of amides is 2. The summed E-state index contributed by atoms with van der Waals surface area (Å²) in [7, 11) is 0. The molecule has 5 heteroatoms. The van der Waals surface area contributed by atoms with Crippen molar-refractivity contribution in [2.24, 2.45) is 0 Å². The van der Waals surface area contributed by atoms with Crippen LogP contribution in [0, 0.1) is 0 Å². The van der Waals surface area contributed by atoms with Crippen LogP contribution >= 0.6 is 0 Å². The van der Waals surface area contributed by atoms with Crippen LogP contribution in [0.2, 0.25) is 0 Å². The second-order valence-corrected chi connectivity index (χ2v) is 8.25. The van der Waals surface area contributed by atoms with Gasteiger partial charge in [0.15, 0.2) is 0 Å². The molecule has 3 aromatic rings. The van der Waals surface area contributed by atoms with Crippen LogP contribution in [0.4, 0.5) is 0 Å². The fraction of sp³-hybridized carbons (Fsp3) is 0.286. The van der Waals surface area contributed by atoms with E-state index in [1.54, 1.807) is 12.1 Å². The van der Waals surface area contributed by atoms with Gasteiger partial charge in [0.25, 0.3) is 5.91 Å². The Morgan fingerprint density at radius 2 is 1.64 bits per heavy atom. The number of nitrogens with one attached hydrogen (secondary N) is 1. The van der Waals surface area contributed by atoms with Crippen LogP contribution in [-0.2, 0) is 4.79 Å². The van der Waals surface area contributed by atoms with Gasteiger partial charge in [-0.3, -0.25) is 9.59 Å². The van der Waals surface area contributed by atoms with Gasteiger partial charge in [-0.2, -0.15) is 0 Å². The molecule has 0 aliphatic carbocycles. The second kappa shape index (κ2) is 10.8. The summed E-state index contributed by atoms with van der Waals surface area (Å²) in [5, 5.41) is 3.08. The van der Waals surface area contributed by atoms with Gasteiger partial charge in [-0.05, 0) is 55.2 Å². The molecule has 1 heterocycles. The van der Waals surface area contributed by atoms with E-state index < -0.39 is 6.04 Å². The van der Waals surface area contributed by atoms with Crippen LogP contribution in [0.15, 0.2) is 84.9 Å². The molecule has 0 saturated carbocycles. The van der Waals surface area contributed by atoms with Crippen molar-refractivity contribution in [3.63, 3.8) is 0 Å². The molecule has 1 saturated heterocycles. The van der Waals surface area contributed by atoms with E-state index in [1.807, 2.05) is 84.6 Å². The van der Waals surface area contributed by atoms with Gasteiger partial charge in [-0.15, -0.1) is 0 Å². The molecule has 2 atom stereocenters. The zero-order valence-electron chi connectivity index (χ0n) is 18.9. The molecule has 2 amide bonds. The highest BCUT2D eigenvalue weighted by molar-refractivity contribution is 5.94. The largest absolute Gasteiger partial charge is 0.494 e. The van der Waals surface area contributed by atoms with Crippen molar-refractivity contribution in [3.05, 3.63) is 102 Å². The average molecular weight is 443 g/mol. The molecule has 170 valence electrons. The number of nitrogens with zero attached hydrogens (tertiary/aromatic N) is 1. The van der Waals surface area contributed by atoms with E-state index in [-0.39, 0.29) is 24.3 Å². The SMILES string of the molecule is CCOc1ccc(C2CCCN2C(=O)CC(NC(=O)c2ccccc2)c2ccccc2)cc1. The third-order valence-corrected chi connectivity index (χ3v) is 6.07. The van der Waals surface area contributed by atoms with Gasteiger partial charge in [0, 0.05) is 12.1 Å². The first-order chi connectivity index (χ1) is 16.2. The van der Waals surface area contributed by atoms with E-state index in [1.165, 1.54) is 0 Å². The molecule has 4 rings (SSSR count). The molecule has 0 radical (unpaired) electrons. The van der Waals surface area contributed by atoms with E-state index in [2.05, 4.69) is 5.32 Å². The summed E-state index contributed by atoms with van der Waals surface area (Å²) in [6.45, 7) is 3.32. The third-order valence-electron chi connectivity index (χ3n) is 6.07. The standard InChI is InChI=1S/C28H30N2O3/c1-2-33-24-17-15-22(16-18-24)26-14-9-19-30(26)27(31)20-25(21-10-5-3-6-11-21)29-28(32)23-12-7-4-8-13-23/h3-8,10-13,15-18,25-26H,2,9,14,19-20H2,1H3,(H,29,32). The Labute approximate surface area is 195 Å². The Balaban J connectivity index is 1.50. The Kier molecular flexibility index (Phi) is 7.40. The lowest BCUT2D eigenvalue weighted by Crippen LogP contribution is -2.36. The van der Waals surface area contributed by atoms with E-state index in [4.69, 9.17) is 4.74 Å². The Bertz CT molecular complexity index is 1050. The number of carbonyl (C=O) groups excluding carboxylic acids is 2. The predicted molar refractivity (Wildman–Crippen MR) is 129 cm³/mol. The minimum atomic E-state index is -0.395. The van der Waals surface area contributed by atoms with Crippen molar-refractivity contribution in [1.29, 1.82) is 0 Å². The Morgan fingerprint density at radius 3 is 2.30 bits per heavy atom. The van der Waals surface area contributed by atoms with Crippen LogP contribution in [0.1, 0.15) is 59.8 Å². The van der Waals surface area contributed by atoms with Gasteiger partial charge in [-0.1, -0.05) is 60.7 Å². The lowest BCUT2D eigenvalue weighted by atomic mass is 10.0. The van der Waals surface area contributed by atoms with E-state index in [0.29, 0.717) is 12.2 Å². The topological polar surface area (TPSA) is 58.6 Å². The fourth-order valence-electron chi connectivity index (χ4n) is 4.43. The maximum absolute atomic E-state index is 13.5. The minimum absolute atomic E-state index is 0.0496. The number of ether oxygens (including phenoxy) is 1. The smallest absolute Gasteiger partial charge is 0.251 e.